The molecule has 0 spiro atoms. The Morgan fingerprint density at radius 1 is 1.52 bits per heavy atom. The number of hydrogen-bond acceptors (Lipinski definition) is 4. The van der Waals surface area contributed by atoms with E-state index in [1.165, 1.54) is 7.11 Å². The molecule has 1 heterocycles. The summed E-state index contributed by atoms with van der Waals surface area (Å²) < 4.78 is 4.82. The number of ether oxygens (including phenoxy) is 1. The number of azide groups is 1. The van der Waals surface area contributed by atoms with E-state index >= 15 is 0 Å². The highest BCUT2D eigenvalue weighted by atomic mass is 16.5. The smallest absolute Gasteiger partial charge is 0.323 e. The number of carbonyl (C=O) groups is 1. The average Bonchev–Trinajstić information content (AvgIpc) is 2.91. The molecular weight excluding hydrogens is 268 g/mol. The van der Waals surface area contributed by atoms with Gasteiger partial charge >= 0.3 is 5.97 Å². The van der Waals surface area contributed by atoms with Crippen LogP contribution in [0.25, 0.3) is 16.5 Å². The maximum atomic E-state index is 11.8. The van der Waals surface area contributed by atoms with Gasteiger partial charge in [0.1, 0.15) is 6.04 Å². The van der Waals surface area contributed by atoms with Crippen LogP contribution in [0.3, 0.4) is 0 Å². The zero-order valence-electron chi connectivity index (χ0n) is 11.9. The Bertz CT molecular complexity index is 552. The minimum Gasteiger partial charge on any atom is -0.468 e. The quantitative estimate of drug-likeness (QED) is 0.361. The minimum absolute atomic E-state index is 0.177. The van der Waals surface area contributed by atoms with Gasteiger partial charge < -0.3 is 4.74 Å². The van der Waals surface area contributed by atoms with Gasteiger partial charge in [-0.05, 0) is 17.5 Å². The Labute approximate surface area is 123 Å². The summed E-state index contributed by atoms with van der Waals surface area (Å²) in [6, 6.07) is 9.43. The highest BCUT2D eigenvalue weighted by Gasteiger charge is 2.36. The van der Waals surface area contributed by atoms with E-state index < -0.39 is 0 Å². The second-order valence-electron chi connectivity index (χ2n) is 4.90. The van der Waals surface area contributed by atoms with E-state index in [1.807, 2.05) is 47.4 Å². The van der Waals surface area contributed by atoms with Crippen LogP contribution in [0.1, 0.15) is 12.0 Å². The summed E-state index contributed by atoms with van der Waals surface area (Å²) >= 11 is 0. The second-order valence-corrected chi connectivity index (χ2v) is 4.90. The Morgan fingerprint density at radius 3 is 2.95 bits per heavy atom. The lowest BCUT2D eigenvalue weighted by Gasteiger charge is -2.20. The molecule has 1 aromatic rings. The monoisotopic (exact) mass is 286 g/mol. The molecule has 1 aliphatic heterocycles. The number of methoxy groups -OCH3 is 1. The molecule has 0 unspecified atom stereocenters. The summed E-state index contributed by atoms with van der Waals surface area (Å²) in [6.07, 6.45) is 4.52. The maximum Gasteiger partial charge on any atom is 0.323 e. The molecule has 110 valence electrons. The van der Waals surface area contributed by atoms with Crippen molar-refractivity contribution in [1.82, 2.24) is 4.90 Å². The van der Waals surface area contributed by atoms with Crippen LogP contribution in [0.4, 0.5) is 0 Å². The van der Waals surface area contributed by atoms with Gasteiger partial charge in [0.2, 0.25) is 0 Å². The zero-order chi connectivity index (χ0) is 15.1. The Balaban J connectivity index is 2.00. The van der Waals surface area contributed by atoms with Crippen molar-refractivity contribution in [3.05, 3.63) is 52.4 Å². The fourth-order valence-corrected chi connectivity index (χ4v) is 2.51. The summed E-state index contributed by atoms with van der Waals surface area (Å²) in [7, 11) is 1.38. The standard InChI is InChI=1S/C15H18N4O2/c1-21-15(20)14-10-13(17-18-16)11-19(14)9-5-8-12-6-3-2-4-7-12/h2-8,13-14H,9-11H2,1H3/t13-,14-/m0/s1. The van der Waals surface area contributed by atoms with Gasteiger partial charge in [-0.25, -0.2) is 0 Å². The van der Waals surface area contributed by atoms with Crippen LogP contribution in [0.2, 0.25) is 0 Å². The third-order valence-corrected chi connectivity index (χ3v) is 3.52. The van der Waals surface area contributed by atoms with E-state index in [9.17, 15) is 4.79 Å². The predicted molar refractivity (Wildman–Crippen MR) is 80.4 cm³/mol. The number of likely N-dealkylation sites (tertiary alicyclic amines) is 1. The van der Waals surface area contributed by atoms with Crippen LogP contribution in [-0.2, 0) is 9.53 Å². The van der Waals surface area contributed by atoms with Crippen molar-refractivity contribution in [3.8, 4) is 0 Å². The first-order valence-corrected chi connectivity index (χ1v) is 6.82. The molecule has 6 heteroatoms. The predicted octanol–water partition coefficient (Wildman–Crippen LogP) is 2.63. The normalized spacial score (nSPS) is 22.1. The van der Waals surface area contributed by atoms with Crippen LogP contribution >= 0.6 is 0 Å². The molecule has 1 saturated heterocycles. The molecular formula is C15H18N4O2. The molecule has 0 bridgehead atoms. The van der Waals surface area contributed by atoms with Crippen LogP contribution in [0.5, 0.6) is 0 Å². The van der Waals surface area contributed by atoms with Gasteiger partial charge in [0.15, 0.2) is 0 Å². The van der Waals surface area contributed by atoms with Gasteiger partial charge in [0, 0.05) is 18.0 Å². The molecule has 21 heavy (non-hydrogen) atoms. The minimum atomic E-state index is -0.342. The fourth-order valence-electron chi connectivity index (χ4n) is 2.51. The average molecular weight is 286 g/mol. The van der Waals surface area contributed by atoms with Crippen LogP contribution in [0.15, 0.2) is 41.5 Å². The Morgan fingerprint density at radius 2 is 2.29 bits per heavy atom. The number of nitrogens with zero attached hydrogens (tertiary/aromatic N) is 4. The Hall–Kier alpha value is -2.30. The lowest BCUT2D eigenvalue weighted by molar-refractivity contribution is -0.145. The lowest BCUT2D eigenvalue weighted by atomic mass is 10.2. The molecule has 1 aliphatic rings. The third-order valence-electron chi connectivity index (χ3n) is 3.52. The third kappa shape index (κ3) is 4.08. The van der Waals surface area contributed by atoms with E-state index in [0.29, 0.717) is 19.5 Å². The van der Waals surface area contributed by atoms with Gasteiger partial charge in [-0.2, -0.15) is 0 Å². The fraction of sp³-hybridized carbons (Fsp3) is 0.400. The van der Waals surface area contributed by atoms with Crippen LogP contribution < -0.4 is 0 Å². The molecule has 1 aromatic carbocycles. The topological polar surface area (TPSA) is 78.3 Å². The van der Waals surface area contributed by atoms with Gasteiger partial charge in [-0.1, -0.05) is 47.6 Å². The highest BCUT2D eigenvalue weighted by Crippen LogP contribution is 2.21. The van der Waals surface area contributed by atoms with Crippen molar-refractivity contribution >= 4 is 12.0 Å². The van der Waals surface area contributed by atoms with E-state index in [0.717, 1.165) is 5.56 Å². The summed E-state index contributed by atoms with van der Waals surface area (Å²) in [6.45, 7) is 1.19. The zero-order valence-corrected chi connectivity index (χ0v) is 11.9. The highest BCUT2D eigenvalue weighted by molar-refractivity contribution is 5.76. The summed E-state index contributed by atoms with van der Waals surface area (Å²) in [5, 5.41) is 3.71. The molecule has 0 saturated carbocycles. The number of benzene rings is 1. The van der Waals surface area contributed by atoms with E-state index in [1.54, 1.807) is 0 Å². The largest absolute Gasteiger partial charge is 0.468 e. The maximum absolute atomic E-state index is 11.8. The SMILES string of the molecule is COC(=O)[C@@H]1C[C@H](N=[N+]=[N-])CN1CC=Cc1ccccc1. The van der Waals surface area contributed by atoms with Gasteiger partial charge in [0.25, 0.3) is 0 Å². The summed E-state index contributed by atoms with van der Waals surface area (Å²) in [4.78, 5) is 16.6. The van der Waals surface area contributed by atoms with Crippen molar-refractivity contribution in [2.75, 3.05) is 20.2 Å². The number of rotatable bonds is 5. The molecule has 2 atom stereocenters. The molecule has 1 fully saturated rings. The van der Waals surface area contributed by atoms with E-state index in [-0.39, 0.29) is 18.1 Å². The van der Waals surface area contributed by atoms with Gasteiger partial charge in [0.05, 0.1) is 13.2 Å². The molecule has 0 amide bonds. The van der Waals surface area contributed by atoms with Gasteiger partial charge in [-0.3, -0.25) is 9.69 Å². The van der Waals surface area contributed by atoms with Crippen LogP contribution in [-0.4, -0.2) is 43.2 Å². The second kappa shape index (κ2) is 7.47. The van der Waals surface area contributed by atoms with Crippen molar-refractivity contribution in [2.24, 2.45) is 5.11 Å². The lowest BCUT2D eigenvalue weighted by Crippen LogP contribution is -2.36. The number of hydrogen-bond donors (Lipinski definition) is 0. The molecule has 0 aliphatic carbocycles. The van der Waals surface area contributed by atoms with Crippen molar-refractivity contribution in [1.29, 1.82) is 0 Å². The van der Waals surface area contributed by atoms with Crippen molar-refractivity contribution in [2.45, 2.75) is 18.5 Å². The first kappa shape index (κ1) is 15.1. The molecule has 2 rings (SSSR count). The first-order valence-electron chi connectivity index (χ1n) is 6.82. The molecule has 0 radical (unpaired) electrons. The molecule has 0 aromatic heterocycles. The molecule has 6 nitrogen and oxygen atoms in total. The van der Waals surface area contributed by atoms with E-state index in [4.69, 9.17) is 10.3 Å². The Kier molecular flexibility index (Phi) is 5.37. The summed E-state index contributed by atoms with van der Waals surface area (Å²) in [5.41, 5.74) is 9.64. The van der Waals surface area contributed by atoms with Gasteiger partial charge in [-0.15, -0.1) is 0 Å². The summed E-state index contributed by atoms with van der Waals surface area (Å²) in [5.74, 6) is -0.279. The van der Waals surface area contributed by atoms with Crippen molar-refractivity contribution < 1.29 is 9.53 Å². The van der Waals surface area contributed by atoms with Crippen molar-refractivity contribution in [3.63, 3.8) is 0 Å². The first-order chi connectivity index (χ1) is 10.2. The molecule has 0 N–H and O–H groups in total. The number of esters is 1. The van der Waals surface area contributed by atoms with Crippen LogP contribution in [0, 0.1) is 0 Å². The number of carbonyl (C=O) groups excluding carboxylic acids is 1. The van der Waals surface area contributed by atoms with E-state index in [2.05, 4.69) is 10.0 Å².